The van der Waals surface area contributed by atoms with E-state index in [4.69, 9.17) is 5.11 Å². The van der Waals surface area contributed by atoms with Crippen molar-refractivity contribution in [1.29, 1.82) is 0 Å². The third kappa shape index (κ3) is 2.49. The zero-order valence-electron chi connectivity index (χ0n) is 11.7. The lowest BCUT2D eigenvalue weighted by Gasteiger charge is -2.12. The summed E-state index contributed by atoms with van der Waals surface area (Å²) in [5.41, 5.74) is -0.562. The minimum atomic E-state index is -1.23. The minimum Gasteiger partial charge on any atom is -0.477 e. The Morgan fingerprint density at radius 3 is 2.50 bits per heavy atom. The van der Waals surface area contributed by atoms with Crippen LogP contribution in [-0.4, -0.2) is 25.8 Å². The fraction of sp³-hybridized carbons (Fsp3) is 0.385. The summed E-state index contributed by atoms with van der Waals surface area (Å²) in [7, 11) is 0. The Balaban J connectivity index is 2.60. The molecule has 20 heavy (non-hydrogen) atoms. The summed E-state index contributed by atoms with van der Waals surface area (Å²) < 4.78 is 1.23. The van der Waals surface area contributed by atoms with Gasteiger partial charge in [0.1, 0.15) is 10.6 Å². The Morgan fingerprint density at radius 1 is 1.35 bits per heavy atom. The maximum absolute atomic E-state index is 12.2. The second-order valence-corrected chi connectivity index (χ2v) is 6.45. The first-order valence-electron chi connectivity index (χ1n) is 6.01. The average molecular weight is 293 g/mol. The van der Waals surface area contributed by atoms with Gasteiger partial charge in [0.2, 0.25) is 5.13 Å². The Hall–Kier alpha value is -2.02. The van der Waals surface area contributed by atoms with Gasteiger partial charge < -0.3 is 5.11 Å². The number of rotatable bonds is 2. The van der Waals surface area contributed by atoms with Crippen LogP contribution >= 0.6 is 11.3 Å². The highest BCUT2D eigenvalue weighted by Crippen LogP contribution is 2.26. The van der Waals surface area contributed by atoms with Gasteiger partial charge in [0, 0.05) is 11.6 Å². The minimum absolute atomic E-state index is 0.167. The number of aryl methyl sites for hydroxylation is 1. The summed E-state index contributed by atoms with van der Waals surface area (Å²) in [5, 5.41) is 18.3. The molecule has 2 aromatic heterocycles. The van der Waals surface area contributed by atoms with E-state index in [1.54, 1.807) is 13.0 Å². The lowest BCUT2D eigenvalue weighted by atomic mass is 9.98. The zero-order chi connectivity index (χ0) is 15.1. The molecular weight excluding hydrogens is 278 g/mol. The van der Waals surface area contributed by atoms with E-state index in [2.05, 4.69) is 10.2 Å². The molecule has 0 aliphatic heterocycles. The van der Waals surface area contributed by atoms with Crippen molar-refractivity contribution in [3.63, 3.8) is 0 Å². The van der Waals surface area contributed by atoms with Crippen molar-refractivity contribution in [2.24, 2.45) is 0 Å². The van der Waals surface area contributed by atoms with Crippen LogP contribution in [0.2, 0.25) is 0 Å². The van der Waals surface area contributed by atoms with E-state index in [1.165, 1.54) is 22.1 Å². The Kier molecular flexibility index (Phi) is 3.47. The number of hydrogen-bond donors (Lipinski definition) is 1. The van der Waals surface area contributed by atoms with Crippen LogP contribution in [0.4, 0.5) is 0 Å². The molecule has 0 bridgehead atoms. The molecule has 7 heteroatoms. The largest absolute Gasteiger partial charge is 0.477 e. The molecule has 0 saturated heterocycles. The molecule has 2 heterocycles. The van der Waals surface area contributed by atoms with Gasteiger partial charge in [-0.1, -0.05) is 32.1 Å². The normalized spacial score (nSPS) is 11.6. The van der Waals surface area contributed by atoms with Crippen molar-refractivity contribution in [3.05, 3.63) is 38.8 Å². The van der Waals surface area contributed by atoms with E-state index in [0.29, 0.717) is 10.7 Å². The first kappa shape index (κ1) is 14.4. The van der Waals surface area contributed by atoms with Crippen molar-refractivity contribution < 1.29 is 9.90 Å². The topological polar surface area (TPSA) is 85.1 Å². The van der Waals surface area contributed by atoms with E-state index in [1.807, 2.05) is 20.8 Å². The van der Waals surface area contributed by atoms with Crippen LogP contribution in [0.1, 0.15) is 41.7 Å². The van der Waals surface area contributed by atoms with E-state index in [-0.39, 0.29) is 11.0 Å². The van der Waals surface area contributed by atoms with E-state index in [0.717, 1.165) is 5.01 Å². The maximum atomic E-state index is 12.2. The van der Waals surface area contributed by atoms with Crippen LogP contribution in [0.25, 0.3) is 5.13 Å². The summed E-state index contributed by atoms with van der Waals surface area (Å²) >= 11 is 1.28. The SMILES string of the molecule is Cc1ccn(-c2nnc(C(C)(C)C)s2)c(=O)c1C(=O)O. The van der Waals surface area contributed by atoms with Crippen molar-refractivity contribution in [3.8, 4) is 5.13 Å². The van der Waals surface area contributed by atoms with Crippen LogP contribution in [0.3, 0.4) is 0 Å². The Morgan fingerprint density at radius 2 is 2.00 bits per heavy atom. The van der Waals surface area contributed by atoms with Gasteiger partial charge in [-0.3, -0.25) is 9.36 Å². The Labute approximate surface area is 119 Å². The average Bonchev–Trinajstić information content (AvgIpc) is 2.77. The number of pyridine rings is 1. The summed E-state index contributed by atoms with van der Waals surface area (Å²) in [6, 6.07) is 1.59. The lowest BCUT2D eigenvalue weighted by molar-refractivity contribution is 0.0693. The van der Waals surface area contributed by atoms with Crippen LogP contribution in [-0.2, 0) is 5.41 Å². The van der Waals surface area contributed by atoms with Crippen LogP contribution in [0, 0.1) is 6.92 Å². The maximum Gasteiger partial charge on any atom is 0.341 e. The predicted octanol–water partition coefficient (Wildman–Crippen LogP) is 1.99. The third-order valence-corrected chi connectivity index (χ3v) is 4.12. The zero-order valence-corrected chi connectivity index (χ0v) is 12.5. The van der Waals surface area contributed by atoms with Crippen molar-refractivity contribution in [1.82, 2.24) is 14.8 Å². The van der Waals surface area contributed by atoms with Gasteiger partial charge in [-0.25, -0.2) is 4.79 Å². The fourth-order valence-electron chi connectivity index (χ4n) is 1.65. The molecule has 6 nitrogen and oxygen atoms in total. The van der Waals surface area contributed by atoms with E-state index >= 15 is 0 Å². The molecule has 0 spiro atoms. The number of hydrogen-bond acceptors (Lipinski definition) is 5. The van der Waals surface area contributed by atoms with Gasteiger partial charge in [-0.2, -0.15) is 0 Å². The molecule has 2 aromatic rings. The molecule has 0 atom stereocenters. The molecule has 0 aliphatic rings. The highest BCUT2D eigenvalue weighted by molar-refractivity contribution is 7.13. The van der Waals surface area contributed by atoms with Gasteiger partial charge in [0.25, 0.3) is 5.56 Å². The first-order valence-corrected chi connectivity index (χ1v) is 6.83. The van der Waals surface area contributed by atoms with Gasteiger partial charge in [-0.15, -0.1) is 10.2 Å². The van der Waals surface area contributed by atoms with Crippen LogP contribution in [0.5, 0.6) is 0 Å². The van der Waals surface area contributed by atoms with Crippen LogP contribution < -0.4 is 5.56 Å². The molecule has 0 aliphatic carbocycles. The molecule has 106 valence electrons. The van der Waals surface area contributed by atoms with Crippen LogP contribution in [0.15, 0.2) is 17.1 Å². The summed E-state index contributed by atoms with van der Waals surface area (Å²) in [5.74, 6) is -1.23. The quantitative estimate of drug-likeness (QED) is 0.915. The monoisotopic (exact) mass is 293 g/mol. The van der Waals surface area contributed by atoms with Gasteiger partial charge in [-0.05, 0) is 18.6 Å². The van der Waals surface area contributed by atoms with E-state index in [9.17, 15) is 9.59 Å². The highest BCUT2D eigenvalue weighted by atomic mass is 32.1. The molecule has 0 saturated carbocycles. The smallest absolute Gasteiger partial charge is 0.341 e. The number of carboxylic acid groups (broad SMARTS) is 1. The number of nitrogens with zero attached hydrogens (tertiary/aromatic N) is 3. The second-order valence-electron chi connectivity index (χ2n) is 5.49. The molecule has 0 fully saturated rings. The molecule has 0 unspecified atom stereocenters. The highest BCUT2D eigenvalue weighted by Gasteiger charge is 2.22. The van der Waals surface area contributed by atoms with Gasteiger partial charge in [0.05, 0.1) is 0 Å². The molecule has 0 radical (unpaired) electrons. The molecule has 0 aromatic carbocycles. The number of aromatic carboxylic acids is 1. The number of aromatic nitrogens is 3. The van der Waals surface area contributed by atoms with Crippen molar-refractivity contribution >= 4 is 17.3 Å². The Bertz CT molecular complexity index is 725. The standard InChI is InChI=1S/C13H15N3O3S/c1-7-5-6-16(9(17)8(7)10(18)19)12-15-14-11(20-12)13(2,3)4/h5-6H,1-4H3,(H,18,19). The van der Waals surface area contributed by atoms with Gasteiger partial charge >= 0.3 is 5.97 Å². The summed E-state index contributed by atoms with van der Waals surface area (Å²) in [6.45, 7) is 7.59. The third-order valence-electron chi connectivity index (χ3n) is 2.78. The number of carboxylic acids is 1. The lowest BCUT2D eigenvalue weighted by Crippen LogP contribution is -2.25. The molecule has 0 amide bonds. The first-order chi connectivity index (χ1) is 9.21. The number of carbonyl (C=O) groups is 1. The van der Waals surface area contributed by atoms with Crippen molar-refractivity contribution in [2.75, 3.05) is 0 Å². The fourth-order valence-corrected chi connectivity index (χ4v) is 2.54. The van der Waals surface area contributed by atoms with E-state index < -0.39 is 11.5 Å². The second kappa shape index (κ2) is 4.82. The summed E-state index contributed by atoms with van der Waals surface area (Å²) in [4.78, 5) is 23.4. The van der Waals surface area contributed by atoms with Crippen molar-refractivity contribution in [2.45, 2.75) is 33.1 Å². The predicted molar refractivity (Wildman–Crippen MR) is 75.9 cm³/mol. The van der Waals surface area contributed by atoms with Gasteiger partial charge in [0.15, 0.2) is 0 Å². The molecule has 1 N–H and O–H groups in total. The summed E-state index contributed by atoms with van der Waals surface area (Å²) in [6.07, 6.45) is 1.52. The molecular formula is C13H15N3O3S. The molecule has 2 rings (SSSR count).